The first-order valence-corrected chi connectivity index (χ1v) is 10.6. The van der Waals surface area contributed by atoms with E-state index in [2.05, 4.69) is 34.7 Å². The summed E-state index contributed by atoms with van der Waals surface area (Å²) in [5.74, 6) is -3.90. The minimum atomic E-state index is -3.10. The molecule has 0 bridgehead atoms. The van der Waals surface area contributed by atoms with E-state index in [1.807, 2.05) is 18.2 Å². The molecular weight excluding hydrogens is 428 g/mol. The normalized spacial score (nSPS) is 21.4. The number of amides is 2. The molecule has 2 heterocycles. The molecule has 1 fully saturated rings. The number of nitrogens with one attached hydrogen (secondary N) is 2. The van der Waals surface area contributed by atoms with Gasteiger partial charge in [-0.05, 0) is 42.7 Å². The van der Waals surface area contributed by atoms with E-state index in [0.717, 1.165) is 22.7 Å². The van der Waals surface area contributed by atoms with E-state index >= 15 is 0 Å². The standard InChI is InChI=1S/C24H23F2N5O2/c1-15-3-2-4-16(9-15)30-17-5-6-19-20(7-8-28-21(19)10-17)23(33)29-13-22(32)31-14-24(25,26)11-18(31)12-27/h2,4-10,15,18,30H,3,11,13-14H2,1H3,(H,29,33)/t15?,18-/m0/s1. The highest BCUT2D eigenvalue weighted by molar-refractivity contribution is 6.07. The third-order valence-electron chi connectivity index (χ3n) is 5.68. The van der Waals surface area contributed by atoms with Crippen LogP contribution in [0.1, 0.15) is 30.1 Å². The summed E-state index contributed by atoms with van der Waals surface area (Å²) in [6.45, 7) is 0.839. The van der Waals surface area contributed by atoms with Gasteiger partial charge in [-0.25, -0.2) is 8.78 Å². The number of nitrogens with zero attached hydrogens (tertiary/aromatic N) is 3. The number of halogens is 2. The van der Waals surface area contributed by atoms with E-state index in [9.17, 15) is 18.4 Å². The fraction of sp³-hybridized carbons (Fsp3) is 0.333. The molecule has 33 heavy (non-hydrogen) atoms. The van der Waals surface area contributed by atoms with Gasteiger partial charge in [0.25, 0.3) is 11.8 Å². The van der Waals surface area contributed by atoms with Crippen LogP contribution in [0.5, 0.6) is 0 Å². The van der Waals surface area contributed by atoms with E-state index in [1.165, 1.54) is 12.3 Å². The summed E-state index contributed by atoms with van der Waals surface area (Å²) in [4.78, 5) is 30.2. The molecule has 2 aromatic rings. The van der Waals surface area contributed by atoms with Gasteiger partial charge in [-0.3, -0.25) is 14.6 Å². The number of nitriles is 1. The Labute approximate surface area is 189 Å². The maximum Gasteiger partial charge on any atom is 0.268 e. The van der Waals surface area contributed by atoms with Crippen molar-refractivity contribution in [3.8, 4) is 6.07 Å². The number of likely N-dealkylation sites (tertiary alicyclic amines) is 1. The lowest BCUT2D eigenvalue weighted by atomic mass is 10.0. The molecule has 1 aromatic heterocycles. The van der Waals surface area contributed by atoms with Gasteiger partial charge in [0.15, 0.2) is 0 Å². The molecule has 2 aliphatic rings. The van der Waals surface area contributed by atoms with E-state index in [4.69, 9.17) is 5.26 Å². The highest BCUT2D eigenvalue weighted by Crippen LogP contribution is 2.31. The minimum absolute atomic E-state index is 0.313. The first-order chi connectivity index (χ1) is 15.8. The molecule has 1 saturated heterocycles. The highest BCUT2D eigenvalue weighted by Gasteiger charge is 2.47. The Kier molecular flexibility index (Phi) is 6.09. The lowest BCUT2D eigenvalue weighted by molar-refractivity contribution is -0.131. The predicted octanol–water partition coefficient (Wildman–Crippen LogP) is 3.62. The number of carbonyl (C=O) groups is 2. The summed E-state index contributed by atoms with van der Waals surface area (Å²) >= 11 is 0. The molecule has 2 N–H and O–H groups in total. The van der Waals surface area contributed by atoms with Crippen molar-refractivity contribution in [2.45, 2.75) is 31.7 Å². The predicted molar refractivity (Wildman–Crippen MR) is 119 cm³/mol. The summed E-state index contributed by atoms with van der Waals surface area (Å²) in [6, 6.07) is 7.49. The number of aromatic nitrogens is 1. The van der Waals surface area contributed by atoms with Gasteiger partial charge in [0.2, 0.25) is 5.91 Å². The number of pyridine rings is 1. The SMILES string of the molecule is CC1C=C(Nc2ccc3c(C(=O)NCC(=O)N4CC(F)(F)C[C@H]4C#N)ccnc3c2)C=CC1. The molecule has 0 saturated carbocycles. The molecule has 1 aliphatic carbocycles. The Balaban J connectivity index is 1.45. The van der Waals surface area contributed by atoms with E-state index in [0.29, 0.717) is 22.4 Å². The number of benzene rings is 1. The Morgan fingerprint density at radius 2 is 2.15 bits per heavy atom. The first-order valence-electron chi connectivity index (χ1n) is 10.6. The molecule has 7 nitrogen and oxygen atoms in total. The average molecular weight is 451 g/mol. The van der Waals surface area contributed by atoms with E-state index in [-0.39, 0.29) is 0 Å². The summed E-state index contributed by atoms with van der Waals surface area (Å²) in [6.07, 6.45) is 8.08. The summed E-state index contributed by atoms with van der Waals surface area (Å²) in [5, 5.41) is 15.5. The van der Waals surface area contributed by atoms with Gasteiger partial charge in [0.1, 0.15) is 6.04 Å². The van der Waals surface area contributed by atoms with Crippen LogP contribution < -0.4 is 10.6 Å². The van der Waals surface area contributed by atoms with Crippen molar-refractivity contribution in [2.24, 2.45) is 5.92 Å². The average Bonchev–Trinajstić information content (AvgIpc) is 3.11. The van der Waals surface area contributed by atoms with Crippen molar-refractivity contribution in [3.63, 3.8) is 0 Å². The largest absolute Gasteiger partial charge is 0.356 e. The number of alkyl halides is 2. The van der Waals surface area contributed by atoms with Crippen LogP contribution in [0, 0.1) is 17.2 Å². The number of hydrogen-bond acceptors (Lipinski definition) is 5. The van der Waals surface area contributed by atoms with Gasteiger partial charge in [-0.1, -0.05) is 19.1 Å². The van der Waals surface area contributed by atoms with Crippen molar-refractivity contribution >= 4 is 28.4 Å². The van der Waals surface area contributed by atoms with Gasteiger partial charge < -0.3 is 15.5 Å². The summed E-state index contributed by atoms with van der Waals surface area (Å²) < 4.78 is 27.2. The third-order valence-corrected chi connectivity index (χ3v) is 5.68. The second kappa shape index (κ2) is 8.98. The lowest BCUT2D eigenvalue weighted by Gasteiger charge is -2.19. The molecule has 4 rings (SSSR count). The van der Waals surface area contributed by atoms with Crippen molar-refractivity contribution in [1.29, 1.82) is 5.26 Å². The van der Waals surface area contributed by atoms with Crippen LogP contribution in [-0.4, -0.2) is 46.8 Å². The number of rotatable bonds is 5. The molecular formula is C24H23F2N5O2. The van der Waals surface area contributed by atoms with Gasteiger partial charge in [-0.2, -0.15) is 5.26 Å². The van der Waals surface area contributed by atoms with Crippen LogP contribution in [-0.2, 0) is 4.79 Å². The van der Waals surface area contributed by atoms with Gasteiger partial charge in [0.05, 0.1) is 30.2 Å². The van der Waals surface area contributed by atoms with Crippen molar-refractivity contribution in [2.75, 3.05) is 18.4 Å². The third kappa shape index (κ3) is 5.00. The van der Waals surface area contributed by atoms with Crippen LogP contribution in [0.4, 0.5) is 14.5 Å². The number of carbonyl (C=O) groups excluding carboxylic acids is 2. The van der Waals surface area contributed by atoms with Gasteiger partial charge in [0, 0.05) is 29.4 Å². The fourth-order valence-electron chi connectivity index (χ4n) is 4.06. The lowest BCUT2D eigenvalue weighted by Crippen LogP contribution is -2.43. The highest BCUT2D eigenvalue weighted by atomic mass is 19.3. The van der Waals surface area contributed by atoms with Crippen molar-refractivity contribution in [1.82, 2.24) is 15.2 Å². The fourth-order valence-corrected chi connectivity index (χ4v) is 4.06. The monoisotopic (exact) mass is 451 g/mol. The van der Waals surface area contributed by atoms with Gasteiger partial charge >= 0.3 is 0 Å². The summed E-state index contributed by atoms with van der Waals surface area (Å²) in [5.41, 5.74) is 2.72. The second-order valence-electron chi connectivity index (χ2n) is 8.36. The first kappa shape index (κ1) is 22.4. The molecule has 2 amide bonds. The van der Waals surface area contributed by atoms with Crippen LogP contribution in [0.15, 0.2) is 54.4 Å². The number of anilines is 1. The van der Waals surface area contributed by atoms with Crippen LogP contribution in [0.25, 0.3) is 10.9 Å². The number of fused-ring (bicyclic) bond motifs is 1. The molecule has 1 aromatic carbocycles. The molecule has 1 aliphatic heterocycles. The second-order valence-corrected chi connectivity index (χ2v) is 8.36. The molecule has 0 spiro atoms. The zero-order chi connectivity index (χ0) is 23.6. The Hall–Kier alpha value is -3.80. The maximum absolute atomic E-state index is 13.6. The molecule has 9 heteroatoms. The minimum Gasteiger partial charge on any atom is -0.356 e. The summed E-state index contributed by atoms with van der Waals surface area (Å²) in [7, 11) is 0. The zero-order valence-corrected chi connectivity index (χ0v) is 18.0. The van der Waals surface area contributed by atoms with Crippen LogP contribution >= 0.6 is 0 Å². The van der Waals surface area contributed by atoms with Crippen LogP contribution in [0.2, 0.25) is 0 Å². The van der Waals surface area contributed by atoms with Crippen LogP contribution in [0.3, 0.4) is 0 Å². The molecule has 170 valence electrons. The Bertz CT molecular complexity index is 1200. The zero-order valence-electron chi connectivity index (χ0n) is 18.0. The number of hydrogen-bond donors (Lipinski definition) is 2. The smallest absolute Gasteiger partial charge is 0.268 e. The Morgan fingerprint density at radius 3 is 2.91 bits per heavy atom. The number of allylic oxidation sites excluding steroid dienone is 3. The van der Waals surface area contributed by atoms with Gasteiger partial charge in [-0.15, -0.1) is 0 Å². The van der Waals surface area contributed by atoms with E-state index in [1.54, 1.807) is 12.1 Å². The molecule has 1 unspecified atom stereocenters. The van der Waals surface area contributed by atoms with Crippen molar-refractivity contribution in [3.05, 3.63) is 60.0 Å². The maximum atomic E-state index is 13.6. The van der Waals surface area contributed by atoms with E-state index < -0.39 is 43.3 Å². The Morgan fingerprint density at radius 1 is 1.33 bits per heavy atom. The topological polar surface area (TPSA) is 98.1 Å². The molecule has 2 atom stereocenters. The molecule has 0 radical (unpaired) electrons. The quantitative estimate of drug-likeness (QED) is 0.724. The van der Waals surface area contributed by atoms with Crippen molar-refractivity contribution < 1.29 is 18.4 Å².